The number of pyridine rings is 1. The fourth-order valence-electron chi connectivity index (χ4n) is 2.46. The van der Waals surface area contributed by atoms with Crippen LogP contribution in [0.1, 0.15) is 17.4 Å². The highest BCUT2D eigenvalue weighted by atomic mass is 16.2. The highest BCUT2D eigenvalue weighted by Crippen LogP contribution is 2.13. The fraction of sp³-hybridized carbons (Fsp3) is 0.333. The SMILES string of the molecule is CC1CN(C(=O)c2ccc3ccccc3n2)CCN1. The van der Waals surface area contributed by atoms with Gasteiger partial charge in [0, 0.05) is 31.1 Å². The van der Waals surface area contributed by atoms with Crippen LogP contribution in [0.15, 0.2) is 36.4 Å². The van der Waals surface area contributed by atoms with Crippen LogP contribution < -0.4 is 5.32 Å². The summed E-state index contributed by atoms with van der Waals surface area (Å²) < 4.78 is 0. The molecule has 4 nitrogen and oxygen atoms in total. The first-order valence-corrected chi connectivity index (χ1v) is 6.62. The zero-order valence-electron chi connectivity index (χ0n) is 11.0. The molecule has 1 aromatic carbocycles. The number of hydrogen-bond acceptors (Lipinski definition) is 3. The number of para-hydroxylation sites is 1. The number of carbonyl (C=O) groups excluding carboxylic acids is 1. The van der Waals surface area contributed by atoms with Gasteiger partial charge in [0.2, 0.25) is 0 Å². The Morgan fingerprint density at radius 3 is 3.00 bits per heavy atom. The summed E-state index contributed by atoms with van der Waals surface area (Å²) in [6.07, 6.45) is 0. The average molecular weight is 255 g/mol. The summed E-state index contributed by atoms with van der Waals surface area (Å²) in [7, 11) is 0. The minimum atomic E-state index is 0.0269. The lowest BCUT2D eigenvalue weighted by Gasteiger charge is -2.31. The molecule has 0 spiro atoms. The Balaban J connectivity index is 1.88. The van der Waals surface area contributed by atoms with Gasteiger partial charge in [0.25, 0.3) is 5.91 Å². The van der Waals surface area contributed by atoms with Gasteiger partial charge in [-0.15, -0.1) is 0 Å². The minimum absolute atomic E-state index is 0.0269. The Morgan fingerprint density at radius 1 is 1.32 bits per heavy atom. The van der Waals surface area contributed by atoms with E-state index >= 15 is 0 Å². The zero-order chi connectivity index (χ0) is 13.2. The van der Waals surface area contributed by atoms with E-state index < -0.39 is 0 Å². The van der Waals surface area contributed by atoms with Crippen LogP contribution in [-0.2, 0) is 0 Å². The lowest BCUT2D eigenvalue weighted by molar-refractivity contribution is 0.0703. The predicted molar refractivity (Wildman–Crippen MR) is 75.1 cm³/mol. The van der Waals surface area contributed by atoms with E-state index in [1.165, 1.54) is 0 Å². The van der Waals surface area contributed by atoms with E-state index in [1.54, 1.807) is 0 Å². The third kappa shape index (κ3) is 2.44. The van der Waals surface area contributed by atoms with Crippen LogP contribution in [0, 0.1) is 0 Å². The van der Waals surface area contributed by atoms with Crippen LogP contribution in [0.4, 0.5) is 0 Å². The number of carbonyl (C=O) groups is 1. The summed E-state index contributed by atoms with van der Waals surface area (Å²) in [5, 5.41) is 4.40. The molecular weight excluding hydrogens is 238 g/mol. The molecule has 2 heterocycles. The van der Waals surface area contributed by atoms with E-state index in [9.17, 15) is 4.79 Å². The second-order valence-electron chi connectivity index (χ2n) is 5.00. The molecule has 1 fully saturated rings. The van der Waals surface area contributed by atoms with Crippen LogP contribution in [0.25, 0.3) is 10.9 Å². The molecule has 1 aliphatic rings. The van der Waals surface area contributed by atoms with E-state index in [2.05, 4.69) is 17.2 Å². The van der Waals surface area contributed by atoms with Gasteiger partial charge in [0.15, 0.2) is 0 Å². The fourth-order valence-corrected chi connectivity index (χ4v) is 2.46. The van der Waals surface area contributed by atoms with Crippen molar-refractivity contribution in [2.75, 3.05) is 19.6 Å². The molecule has 0 bridgehead atoms. The summed E-state index contributed by atoms with van der Waals surface area (Å²) >= 11 is 0. The first-order chi connectivity index (χ1) is 9.24. The molecule has 0 radical (unpaired) electrons. The standard InChI is InChI=1S/C15H17N3O/c1-11-10-18(9-8-16-11)15(19)14-7-6-12-4-2-3-5-13(12)17-14/h2-7,11,16H,8-10H2,1H3. The maximum atomic E-state index is 12.4. The van der Waals surface area contributed by atoms with Crippen LogP contribution in [0.5, 0.6) is 0 Å². The number of hydrogen-bond donors (Lipinski definition) is 1. The molecule has 1 atom stereocenters. The Kier molecular flexibility index (Phi) is 3.17. The van der Waals surface area contributed by atoms with Crippen molar-refractivity contribution in [3.63, 3.8) is 0 Å². The number of aromatic nitrogens is 1. The lowest BCUT2D eigenvalue weighted by Crippen LogP contribution is -2.51. The highest BCUT2D eigenvalue weighted by molar-refractivity contribution is 5.95. The number of amides is 1. The molecule has 3 rings (SSSR count). The summed E-state index contributed by atoms with van der Waals surface area (Å²) in [4.78, 5) is 18.8. The van der Waals surface area contributed by atoms with Gasteiger partial charge in [-0.3, -0.25) is 4.79 Å². The molecule has 4 heteroatoms. The number of nitrogens with zero attached hydrogens (tertiary/aromatic N) is 2. The maximum Gasteiger partial charge on any atom is 0.272 e. The second kappa shape index (κ2) is 4.97. The van der Waals surface area contributed by atoms with Gasteiger partial charge in [0.05, 0.1) is 5.52 Å². The molecule has 19 heavy (non-hydrogen) atoms. The molecule has 1 amide bonds. The van der Waals surface area contributed by atoms with Crippen molar-refractivity contribution in [1.29, 1.82) is 0 Å². The van der Waals surface area contributed by atoms with Crippen LogP contribution in [0.2, 0.25) is 0 Å². The van der Waals surface area contributed by atoms with Gasteiger partial charge < -0.3 is 10.2 Å². The van der Waals surface area contributed by atoms with Crippen LogP contribution in [-0.4, -0.2) is 41.5 Å². The van der Waals surface area contributed by atoms with Crippen molar-refractivity contribution < 1.29 is 4.79 Å². The molecule has 2 aromatic rings. The molecule has 0 saturated carbocycles. The highest BCUT2D eigenvalue weighted by Gasteiger charge is 2.22. The molecule has 1 unspecified atom stereocenters. The van der Waals surface area contributed by atoms with E-state index in [-0.39, 0.29) is 5.91 Å². The van der Waals surface area contributed by atoms with E-state index in [0.717, 1.165) is 30.5 Å². The minimum Gasteiger partial charge on any atom is -0.334 e. The van der Waals surface area contributed by atoms with E-state index in [0.29, 0.717) is 11.7 Å². The van der Waals surface area contributed by atoms with Crippen molar-refractivity contribution in [2.45, 2.75) is 13.0 Å². The van der Waals surface area contributed by atoms with Gasteiger partial charge in [-0.25, -0.2) is 4.98 Å². The van der Waals surface area contributed by atoms with Crippen molar-refractivity contribution in [2.24, 2.45) is 0 Å². The first kappa shape index (κ1) is 12.1. The molecular formula is C15H17N3O. The number of fused-ring (bicyclic) bond motifs is 1. The summed E-state index contributed by atoms with van der Waals surface area (Å²) in [6, 6.07) is 12.0. The van der Waals surface area contributed by atoms with Crippen LogP contribution in [0.3, 0.4) is 0 Å². The van der Waals surface area contributed by atoms with Gasteiger partial charge in [-0.1, -0.05) is 24.3 Å². The summed E-state index contributed by atoms with van der Waals surface area (Å²) in [5.41, 5.74) is 1.41. The first-order valence-electron chi connectivity index (χ1n) is 6.62. The van der Waals surface area contributed by atoms with Gasteiger partial charge >= 0.3 is 0 Å². The zero-order valence-corrected chi connectivity index (χ0v) is 11.0. The van der Waals surface area contributed by atoms with Gasteiger partial charge in [-0.2, -0.15) is 0 Å². The number of benzene rings is 1. The quantitative estimate of drug-likeness (QED) is 0.843. The third-order valence-corrected chi connectivity index (χ3v) is 3.47. The molecule has 0 aliphatic carbocycles. The third-order valence-electron chi connectivity index (χ3n) is 3.47. The predicted octanol–water partition coefficient (Wildman–Crippen LogP) is 1.67. The number of nitrogens with one attached hydrogen (secondary N) is 1. The second-order valence-corrected chi connectivity index (χ2v) is 5.00. The van der Waals surface area contributed by atoms with Gasteiger partial charge in [-0.05, 0) is 19.1 Å². The number of piperazine rings is 1. The largest absolute Gasteiger partial charge is 0.334 e. The molecule has 98 valence electrons. The average Bonchev–Trinajstić information content (AvgIpc) is 2.46. The van der Waals surface area contributed by atoms with Crippen LogP contribution >= 0.6 is 0 Å². The smallest absolute Gasteiger partial charge is 0.272 e. The molecule has 1 aliphatic heterocycles. The summed E-state index contributed by atoms with van der Waals surface area (Å²) in [6.45, 7) is 4.43. The monoisotopic (exact) mass is 255 g/mol. The van der Waals surface area contributed by atoms with Crippen molar-refractivity contribution in [3.05, 3.63) is 42.1 Å². The van der Waals surface area contributed by atoms with E-state index in [4.69, 9.17) is 0 Å². The molecule has 1 aromatic heterocycles. The topological polar surface area (TPSA) is 45.2 Å². The Labute approximate surface area is 112 Å². The van der Waals surface area contributed by atoms with Crippen molar-refractivity contribution >= 4 is 16.8 Å². The molecule has 1 saturated heterocycles. The maximum absolute atomic E-state index is 12.4. The van der Waals surface area contributed by atoms with Crippen molar-refractivity contribution in [1.82, 2.24) is 15.2 Å². The molecule has 1 N–H and O–H groups in total. The van der Waals surface area contributed by atoms with E-state index in [1.807, 2.05) is 41.3 Å². The Hall–Kier alpha value is -1.94. The van der Waals surface area contributed by atoms with Crippen molar-refractivity contribution in [3.8, 4) is 0 Å². The number of rotatable bonds is 1. The van der Waals surface area contributed by atoms with Gasteiger partial charge in [0.1, 0.15) is 5.69 Å². The lowest BCUT2D eigenvalue weighted by atomic mass is 10.1. The Bertz CT molecular complexity index is 611. The summed E-state index contributed by atoms with van der Waals surface area (Å²) in [5.74, 6) is 0.0269. The Morgan fingerprint density at radius 2 is 2.16 bits per heavy atom. The normalized spacial score (nSPS) is 19.6.